The molecular formula is C14H21NO3. The Morgan fingerprint density at radius 3 is 2.50 bits per heavy atom. The lowest BCUT2D eigenvalue weighted by atomic mass is 10.1. The van der Waals surface area contributed by atoms with E-state index in [9.17, 15) is 4.79 Å². The van der Waals surface area contributed by atoms with E-state index in [1.54, 1.807) is 7.11 Å². The summed E-state index contributed by atoms with van der Waals surface area (Å²) in [5.74, 6) is 0.645. The van der Waals surface area contributed by atoms with Crippen molar-refractivity contribution >= 4 is 5.97 Å². The molecule has 1 aromatic rings. The fourth-order valence-corrected chi connectivity index (χ4v) is 1.52. The first-order chi connectivity index (χ1) is 8.61. The van der Waals surface area contributed by atoms with Crippen LogP contribution >= 0.6 is 0 Å². The molecule has 0 bridgehead atoms. The van der Waals surface area contributed by atoms with Gasteiger partial charge in [0.1, 0.15) is 5.75 Å². The molecule has 4 nitrogen and oxygen atoms in total. The van der Waals surface area contributed by atoms with Gasteiger partial charge >= 0.3 is 5.97 Å². The van der Waals surface area contributed by atoms with Gasteiger partial charge in [-0.2, -0.15) is 0 Å². The van der Waals surface area contributed by atoms with Crippen molar-refractivity contribution in [3.63, 3.8) is 0 Å². The highest BCUT2D eigenvalue weighted by Gasteiger charge is 2.04. The summed E-state index contributed by atoms with van der Waals surface area (Å²) in [5, 5.41) is 3.06. The van der Waals surface area contributed by atoms with Gasteiger partial charge in [0.25, 0.3) is 0 Å². The summed E-state index contributed by atoms with van der Waals surface area (Å²) in [6, 6.07) is 7.91. The highest BCUT2D eigenvalue weighted by molar-refractivity contribution is 5.71. The van der Waals surface area contributed by atoms with E-state index in [2.05, 4.69) is 5.32 Å². The Bertz CT molecular complexity index is 360. The minimum Gasteiger partial charge on any atom is -0.497 e. The third-order valence-corrected chi connectivity index (χ3v) is 2.39. The predicted molar refractivity (Wildman–Crippen MR) is 70.8 cm³/mol. The smallest absolute Gasteiger partial charge is 0.320 e. The number of nitrogens with one attached hydrogen (secondary N) is 1. The first-order valence-corrected chi connectivity index (χ1v) is 6.15. The molecule has 0 aliphatic carbocycles. The quantitative estimate of drug-likeness (QED) is 0.593. The molecule has 1 N–H and O–H groups in total. The maximum atomic E-state index is 11.2. The molecule has 0 saturated carbocycles. The van der Waals surface area contributed by atoms with Crippen molar-refractivity contribution in [2.24, 2.45) is 0 Å². The molecule has 0 unspecified atom stereocenters. The average molecular weight is 251 g/mol. The van der Waals surface area contributed by atoms with Crippen molar-refractivity contribution in [3.8, 4) is 5.75 Å². The Morgan fingerprint density at radius 2 is 1.94 bits per heavy atom. The van der Waals surface area contributed by atoms with Crippen LogP contribution < -0.4 is 10.1 Å². The minimum absolute atomic E-state index is 0.0547. The maximum absolute atomic E-state index is 11.2. The highest BCUT2D eigenvalue weighted by atomic mass is 16.5. The lowest BCUT2D eigenvalue weighted by Crippen LogP contribution is -2.28. The Morgan fingerprint density at radius 1 is 1.28 bits per heavy atom. The van der Waals surface area contributed by atoms with Crippen LogP contribution in [-0.2, 0) is 16.0 Å². The molecule has 100 valence electrons. The number of hydrogen-bond acceptors (Lipinski definition) is 4. The number of esters is 1. The fraction of sp³-hybridized carbons (Fsp3) is 0.500. The van der Waals surface area contributed by atoms with Crippen LogP contribution in [0.1, 0.15) is 19.4 Å². The van der Waals surface area contributed by atoms with E-state index in [4.69, 9.17) is 9.47 Å². The summed E-state index contributed by atoms with van der Waals surface area (Å²) < 4.78 is 10.1. The first-order valence-electron chi connectivity index (χ1n) is 6.15. The van der Waals surface area contributed by atoms with Gasteiger partial charge in [0, 0.05) is 0 Å². The molecule has 0 heterocycles. The third kappa shape index (κ3) is 5.68. The van der Waals surface area contributed by atoms with Crippen LogP contribution in [0.2, 0.25) is 0 Å². The zero-order valence-electron chi connectivity index (χ0n) is 11.2. The molecule has 0 aliphatic heterocycles. The van der Waals surface area contributed by atoms with Crippen LogP contribution in [0.3, 0.4) is 0 Å². The minimum atomic E-state index is -0.209. The number of methoxy groups -OCH3 is 1. The van der Waals surface area contributed by atoms with Crippen molar-refractivity contribution in [2.45, 2.75) is 26.4 Å². The van der Waals surface area contributed by atoms with E-state index >= 15 is 0 Å². The number of hydrogen-bond donors (Lipinski definition) is 1. The number of benzene rings is 1. The van der Waals surface area contributed by atoms with E-state index in [1.807, 2.05) is 38.1 Å². The van der Waals surface area contributed by atoms with Gasteiger partial charge in [-0.3, -0.25) is 4.79 Å². The third-order valence-electron chi connectivity index (χ3n) is 2.39. The second-order valence-corrected chi connectivity index (χ2v) is 4.31. The normalized spacial score (nSPS) is 10.4. The fourth-order valence-electron chi connectivity index (χ4n) is 1.52. The van der Waals surface area contributed by atoms with E-state index in [1.165, 1.54) is 5.56 Å². The van der Waals surface area contributed by atoms with Crippen molar-refractivity contribution in [1.29, 1.82) is 0 Å². The van der Waals surface area contributed by atoms with Gasteiger partial charge in [-0.05, 0) is 44.5 Å². The Balaban J connectivity index is 2.19. The molecule has 1 rings (SSSR count). The van der Waals surface area contributed by atoms with Crippen molar-refractivity contribution < 1.29 is 14.3 Å². The van der Waals surface area contributed by atoms with Crippen LogP contribution in [0.15, 0.2) is 24.3 Å². The van der Waals surface area contributed by atoms with Gasteiger partial charge in [-0.25, -0.2) is 0 Å². The highest BCUT2D eigenvalue weighted by Crippen LogP contribution is 2.11. The molecular weight excluding hydrogens is 230 g/mol. The Labute approximate surface area is 108 Å². The van der Waals surface area contributed by atoms with Gasteiger partial charge in [0.2, 0.25) is 0 Å². The topological polar surface area (TPSA) is 47.6 Å². The number of carbonyl (C=O) groups excluding carboxylic acids is 1. The van der Waals surface area contributed by atoms with Crippen LogP contribution in [0.5, 0.6) is 5.75 Å². The first kappa shape index (κ1) is 14.5. The lowest BCUT2D eigenvalue weighted by Gasteiger charge is -2.08. The van der Waals surface area contributed by atoms with Gasteiger partial charge < -0.3 is 14.8 Å². The summed E-state index contributed by atoms with van der Waals surface area (Å²) in [5.41, 5.74) is 1.21. The van der Waals surface area contributed by atoms with Crippen molar-refractivity contribution in [1.82, 2.24) is 5.32 Å². The van der Waals surface area contributed by atoms with E-state index in [-0.39, 0.29) is 18.6 Å². The molecule has 0 amide bonds. The van der Waals surface area contributed by atoms with Crippen molar-refractivity contribution in [2.75, 3.05) is 20.2 Å². The van der Waals surface area contributed by atoms with E-state index < -0.39 is 0 Å². The lowest BCUT2D eigenvalue weighted by molar-refractivity contribution is -0.146. The average Bonchev–Trinajstić information content (AvgIpc) is 2.34. The van der Waals surface area contributed by atoms with Crippen molar-refractivity contribution in [3.05, 3.63) is 29.8 Å². The van der Waals surface area contributed by atoms with Crippen LogP contribution in [0, 0.1) is 0 Å². The number of carbonyl (C=O) groups is 1. The molecule has 1 aromatic carbocycles. The molecule has 0 atom stereocenters. The standard InChI is InChI=1S/C14H21NO3/c1-11(2)18-14(16)10-15-9-8-12-4-6-13(17-3)7-5-12/h4-7,11,15H,8-10H2,1-3H3. The summed E-state index contributed by atoms with van der Waals surface area (Å²) in [7, 11) is 1.65. The summed E-state index contributed by atoms with van der Waals surface area (Å²) in [6.07, 6.45) is 0.819. The molecule has 0 aromatic heterocycles. The molecule has 0 saturated heterocycles. The van der Waals surface area contributed by atoms with Gasteiger partial charge in [-0.15, -0.1) is 0 Å². The molecule has 0 aliphatic rings. The molecule has 0 radical (unpaired) electrons. The summed E-state index contributed by atoms with van der Waals surface area (Å²) in [6.45, 7) is 4.69. The SMILES string of the molecule is COc1ccc(CCNCC(=O)OC(C)C)cc1. The Kier molecular flexibility index (Phi) is 6.22. The molecule has 18 heavy (non-hydrogen) atoms. The predicted octanol–water partition coefficient (Wildman–Crippen LogP) is 1.78. The number of rotatable bonds is 7. The monoisotopic (exact) mass is 251 g/mol. The second kappa shape index (κ2) is 7.71. The zero-order chi connectivity index (χ0) is 13.4. The second-order valence-electron chi connectivity index (χ2n) is 4.31. The van der Waals surface area contributed by atoms with Gasteiger partial charge in [0.15, 0.2) is 0 Å². The zero-order valence-corrected chi connectivity index (χ0v) is 11.2. The van der Waals surface area contributed by atoms with E-state index in [0.29, 0.717) is 0 Å². The molecule has 4 heteroatoms. The van der Waals surface area contributed by atoms with Gasteiger partial charge in [-0.1, -0.05) is 12.1 Å². The Hall–Kier alpha value is -1.55. The summed E-state index contributed by atoms with van der Waals surface area (Å²) in [4.78, 5) is 11.2. The van der Waals surface area contributed by atoms with Crippen LogP contribution in [0.4, 0.5) is 0 Å². The number of ether oxygens (including phenoxy) is 2. The molecule has 0 spiro atoms. The summed E-state index contributed by atoms with van der Waals surface area (Å²) >= 11 is 0. The van der Waals surface area contributed by atoms with E-state index in [0.717, 1.165) is 18.7 Å². The molecule has 0 fully saturated rings. The van der Waals surface area contributed by atoms with Crippen LogP contribution in [0.25, 0.3) is 0 Å². The van der Waals surface area contributed by atoms with Gasteiger partial charge in [0.05, 0.1) is 19.8 Å². The largest absolute Gasteiger partial charge is 0.497 e. The van der Waals surface area contributed by atoms with Crippen LogP contribution in [-0.4, -0.2) is 32.3 Å². The maximum Gasteiger partial charge on any atom is 0.320 e.